The molecule has 4 heteroatoms. The standard InChI is InChI=1S/C20H34O4/c1-13-18(4,17(2,3)9-8-15(21)22)11-12-20(6)14(16(23)24)7-10-19(13,20)5/h13-14H,7-12H2,1-6H3,(H,21,22)(H,23,24)/t13?,14-,18+,19+,20-/m1/s1. The zero-order valence-electron chi connectivity index (χ0n) is 16.1. The minimum absolute atomic E-state index is 0.0104. The highest BCUT2D eigenvalue weighted by molar-refractivity contribution is 5.72. The predicted molar refractivity (Wildman–Crippen MR) is 93.7 cm³/mol. The molecule has 0 amide bonds. The van der Waals surface area contributed by atoms with E-state index in [1.807, 2.05) is 0 Å². The summed E-state index contributed by atoms with van der Waals surface area (Å²) >= 11 is 0. The molecule has 0 aliphatic heterocycles. The molecule has 2 fully saturated rings. The maximum atomic E-state index is 11.8. The summed E-state index contributed by atoms with van der Waals surface area (Å²) in [6.45, 7) is 13.4. The van der Waals surface area contributed by atoms with Gasteiger partial charge in [0, 0.05) is 6.42 Å². The van der Waals surface area contributed by atoms with Crippen LogP contribution in [0.1, 0.15) is 80.1 Å². The van der Waals surface area contributed by atoms with Crippen LogP contribution in [-0.2, 0) is 9.59 Å². The quantitative estimate of drug-likeness (QED) is 0.753. The van der Waals surface area contributed by atoms with Crippen LogP contribution in [0.2, 0.25) is 0 Å². The molecular formula is C20H34O4. The Balaban J connectivity index is 2.36. The van der Waals surface area contributed by atoms with Crippen LogP contribution in [0.5, 0.6) is 0 Å². The molecule has 0 bridgehead atoms. The van der Waals surface area contributed by atoms with Gasteiger partial charge in [0.15, 0.2) is 0 Å². The van der Waals surface area contributed by atoms with Crippen LogP contribution in [-0.4, -0.2) is 22.2 Å². The van der Waals surface area contributed by atoms with E-state index in [0.29, 0.717) is 12.3 Å². The second kappa shape index (κ2) is 5.74. The van der Waals surface area contributed by atoms with E-state index in [-0.39, 0.29) is 34.0 Å². The molecule has 24 heavy (non-hydrogen) atoms. The van der Waals surface area contributed by atoms with Gasteiger partial charge >= 0.3 is 11.9 Å². The van der Waals surface area contributed by atoms with Gasteiger partial charge in [-0.1, -0.05) is 41.5 Å². The predicted octanol–water partition coefficient (Wildman–Crippen LogP) is 4.82. The molecule has 2 rings (SSSR count). The Hall–Kier alpha value is -1.06. The van der Waals surface area contributed by atoms with Crippen LogP contribution < -0.4 is 0 Å². The summed E-state index contributed by atoms with van der Waals surface area (Å²) in [5, 5.41) is 18.8. The number of carbonyl (C=O) groups is 2. The first-order valence-electron chi connectivity index (χ1n) is 9.26. The van der Waals surface area contributed by atoms with Crippen molar-refractivity contribution in [1.82, 2.24) is 0 Å². The molecule has 2 saturated carbocycles. The summed E-state index contributed by atoms with van der Waals surface area (Å²) in [6.07, 6.45) is 4.46. The first-order chi connectivity index (χ1) is 10.8. The fourth-order valence-electron chi connectivity index (χ4n) is 6.08. The Kier molecular flexibility index (Phi) is 4.61. The van der Waals surface area contributed by atoms with Crippen LogP contribution in [0.25, 0.3) is 0 Å². The van der Waals surface area contributed by atoms with Crippen LogP contribution in [0.4, 0.5) is 0 Å². The Morgan fingerprint density at radius 2 is 1.62 bits per heavy atom. The molecule has 2 N–H and O–H groups in total. The summed E-state index contributed by atoms with van der Waals surface area (Å²) < 4.78 is 0. The van der Waals surface area contributed by atoms with E-state index in [4.69, 9.17) is 5.11 Å². The van der Waals surface area contributed by atoms with Crippen molar-refractivity contribution >= 4 is 11.9 Å². The van der Waals surface area contributed by atoms with Crippen LogP contribution in [0.3, 0.4) is 0 Å². The molecule has 2 aliphatic rings. The zero-order chi connectivity index (χ0) is 18.6. The van der Waals surface area contributed by atoms with Crippen molar-refractivity contribution in [2.45, 2.75) is 80.1 Å². The number of hydrogen-bond donors (Lipinski definition) is 2. The summed E-state index contributed by atoms with van der Waals surface area (Å²) in [5.74, 6) is -1.28. The Bertz CT molecular complexity index is 540. The van der Waals surface area contributed by atoms with E-state index in [2.05, 4.69) is 41.5 Å². The van der Waals surface area contributed by atoms with Gasteiger partial charge in [-0.3, -0.25) is 9.59 Å². The topological polar surface area (TPSA) is 74.6 Å². The van der Waals surface area contributed by atoms with E-state index in [0.717, 1.165) is 25.7 Å². The molecule has 0 aromatic rings. The molecule has 0 aromatic carbocycles. The Morgan fingerprint density at radius 1 is 1.04 bits per heavy atom. The van der Waals surface area contributed by atoms with Gasteiger partial charge in [0.2, 0.25) is 0 Å². The van der Waals surface area contributed by atoms with Crippen molar-refractivity contribution < 1.29 is 19.8 Å². The largest absolute Gasteiger partial charge is 0.481 e. The molecule has 0 radical (unpaired) electrons. The first-order valence-corrected chi connectivity index (χ1v) is 9.26. The summed E-state index contributed by atoms with van der Waals surface area (Å²) in [7, 11) is 0. The van der Waals surface area contributed by atoms with Gasteiger partial charge in [0.25, 0.3) is 0 Å². The monoisotopic (exact) mass is 338 g/mol. The van der Waals surface area contributed by atoms with E-state index >= 15 is 0 Å². The van der Waals surface area contributed by atoms with Crippen molar-refractivity contribution in [3.05, 3.63) is 0 Å². The van der Waals surface area contributed by atoms with Crippen molar-refractivity contribution in [3.63, 3.8) is 0 Å². The number of aliphatic carboxylic acids is 2. The lowest BCUT2D eigenvalue weighted by atomic mass is 9.41. The minimum atomic E-state index is -0.738. The molecule has 0 spiro atoms. The maximum Gasteiger partial charge on any atom is 0.307 e. The third kappa shape index (κ3) is 2.48. The number of rotatable bonds is 5. The summed E-state index contributed by atoms with van der Waals surface area (Å²) in [5.41, 5.74) is -0.245. The highest BCUT2D eigenvalue weighted by atomic mass is 16.4. The van der Waals surface area contributed by atoms with Gasteiger partial charge in [-0.05, 0) is 59.7 Å². The first kappa shape index (κ1) is 19.3. The van der Waals surface area contributed by atoms with Gasteiger partial charge in [0.1, 0.15) is 0 Å². The fourth-order valence-corrected chi connectivity index (χ4v) is 6.08. The highest BCUT2D eigenvalue weighted by Gasteiger charge is 2.66. The molecule has 4 nitrogen and oxygen atoms in total. The molecule has 0 aromatic heterocycles. The average molecular weight is 338 g/mol. The molecule has 138 valence electrons. The number of carboxylic acids is 2. The van der Waals surface area contributed by atoms with Crippen molar-refractivity contribution in [1.29, 1.82) is 0 Å². The lowest BCUT2D eigenvalue weighted by molar-refractivity contribution is -0.167. The normalized spacial score (nSPS) is 42.6. The van der Waals surface area contributed by atoms with Crippen LogP contribution in [0, 0.1) is 33.5 Å². The smallest absolute Gasteiger partial charge is 0.307 e. The number of hydrogen-bond acceptors (Lipinski definition) is 2. The molecule has 5 atom stereocenters. The summed E-state index contributed by atoms with van der Waals surface area (Å²) in [6, 6.07) is 0. The van der Waals surface area contributed by atoms with Crippen LogP contribution >= 0.6 is 0 Å². The van der Waals surface area contributed by atoms with Crippen molar-refractivity contribution in [2.24, 2.45) is 33.5 Å². The summed E-state index contributed by atoms with van der Waals surface area (Å²) in [4.78, 5) is 22.8. The van der Waals surface area contributed by atoms with Gasteiger partial charge in [-0.2, -0.15) is 0 Å². The van der Waals surface area contributed by atoms with Gasteiger partial charge in [0.05, 0.1) is 5.92 Å². The number of carboxylic acid groups (broad SMARTS) is 2. The van der Waals surface area contributed by atoms with Gasteiger partial charge in [-0.25, -0.2) is 0 Å². The lowest BCUT2D eigenvalue weighted by Gasteiger charge is -2.63. The van der Waals surface area contributed by atoms with Crippen molar-refractivity contribution in [2.75, 3.05) is 0 Å². The fraction of sp³-hybridized carbons (Fsp3) is 0.900. The van der Waals surface area contributed by atoms with E-state index < -0.39 is 11.9 Å². The Morgan fingerprint density at radius 3 is 2.12 bits per heavy atom. The molecule has 0 heterocycles. The van der Waals surface area contributed by atoms with E-state index in [9.17, 15) is 14.7 Å². The van der Waals surface area contributed by atoms with Gasteiger partial charge in [-0.15, -0.1) is 0 Å². The average Bonchev–Trinajstić information content (AvgIpc) is 2.75. The van der Waals surface area contributed by atoms with Crippen molar-refractivity contribution in [3.8, 4) is 0 Å². The molecule has 2 aliphatic carbocycles. The molecule has 0 saturated heterocycles. The second-order valence-corrected chi connectivity index (χ2v) is 9.68. The number of fused-ring (bicyclic) bond motifs is 1. The van der Waals surface area contributed by atoms with E-state index in [1.54, 1.807) is 0 Å². The molecule has 1 unspecified atom stereocenters. The zero-order valence-corrected chi connectivity index (χ0v) is 16.1. The highest BCUT2D eigenvalue weighted by Crippen LogP contribution is 2.72. The maximum absolute atomic E-state index is 11.8. The van der Waals surface area contributed by atoms with Crippen LogP contribution in [0.15, 0.2) is 0 Å². The Labute approximate surface area is 146 Å². The third-order valence-corrected chi connectivity index (χ3v) is 8.91. The molecular weight excluding hydrogens is 304 g/mol. The lowest BCUT2D eigenvalue weighted by Crippen LogP contribution is -2.57. The van der Waals surface area contributed by atoms with Gasteiger partial charge < -0.3 is 10.2 Å². The second-order valence-electron chi connectivity index (χ2n) is 9.68. The SMILES string of the molecule is CC1[C@@](C)(C(C)(C)CCC(=O)O)CC[C@]2(C)[C@@H](C(=O)O)CC[C@@]12C. The van der Waals surface area contributed by atoms with E-state index in [1.165, 1.54) is 0 Å². The third-order valence-electron chi connectivity index (χ3n) is 8.91. The minimum Gasteiger partial charge on any atom is -0.481 e.